The minimum absolute atomic E-state index is 0.135. The number of ether oxygens (including phenoxy) is 1. The number of nitrogens with zero attached hydrogens (tertiary/aromatic N) is 2. The van der Waals surface area contributed by atoms with Crippen molar-refractivity contribution in [3.05, 3.63) is 109 Å². The number of likely N-dealkylation sites (tertiary alicyclic amines) is 1. The highest BCUT2D eigenvalue weighted by Gasteiger charge is 2.59. The molecule has 4 atom stereocenters. The van der Waals surface area contributed by atoms with Crippen LogP contribution in [0, 0.1) is 12.8 Å². The molecular formula is C33H32ClN3O4S2. The maximum Gasteiger partial charge on any atom is 0.255 e. The van der Waals surface area contributed by atoms with E-state index in [0.29, 0.717) is 46.7 Å². The molecule has 10 heteroatoms. The zero-order chi connectivity index (χ0) is 30.1. The second-order valence-electron chi connectivity index (χ2n) is 10.8. The average Bonchev–Trinajstić information content (AvgIpc) is 3.77. The summed E-state index contributed by atoms with van der Waals surface area (Å²) in [6, 6.07) is 20.4. The molecule has 0 bridgehead atoms. The molecule has 7 nitrogen and oxygen atoms in total. The zero-order valence-corrected chi connectivity index (χ0v) is 26.3. The molecule has 2 aromatic heterocycles. The second-order valence-corrected chi connectivity index (χ2v) is 13.5. The summed E-state index contributed by atoms with van der Waals surface area (Å²) in [6.07, 6.45) is 0. The summed E-state index contributed by atoms with van der Waals surface area (Å²) in [5.74, 6) is -1.33. The van der Waals surface area contributed by atoms with Crippen molar-refractivity contribution in [2.45, 2.75) is 24.9 Å². The van der Waals surface area contributed by atoms with E-state index in [-0.39, 0.29) is 17.6 Å². The summed E-state index contributed by atoms with van der Waals surface area (Å²) < 4.78 is 6.10. The highest BCUT2D eigenvalue weighted by atomic mass is 35.5. The Balaban J connectivity index is 1.62. The van der Waals surface area contributed by atoms with E-state index in [4.69, 9.17) is 16.3 Å². The molecule has 4 heterocycles. The van der Waals surface area contributed by atoms with Crippen LogP contribution >= 0.6 is 34.3 Å². The van der Waals surface area contributed by atoms with Crippen LogP contribution in [0.3, 0.4) is 0 Å². The normalized spacial score (nSPS) is 22.0. The minimum Gasteiger partial charge on any atom is -0.497 e. The van der Waals surface area contributed by atoms with Crippen molar-refractivity contribution < 1.29 is 19.1 Å². The fourth-order valence-electron chi connectivity index (χ4n) is 6.37. The van der Waals surface area contributed by atoms with Gasteiger partial charge in [-0.3, -0.25) is 14.4 Å². The summed E-state index contributed by atoms with van der Waals surface area (Å²) >= 11 is 9.06. The lowest BCUT2D eigenvalue weighted by atomic mass is 9.77. The van der Waals surface area contributed by atoms with E-state index < -0.39 is 23.9 Å². The number of carbonyl (C=O) groups excluding carboxylic acids is 3. The van der Waals surface area contributed by atoms with E-state index in [1.54, 1.807) is 36.3 Å². The van der Waals surface area contributed by atoms with Gasteiger partial charge in [0.25, 0.3) is 5.91 Å². The standard InChI is InChI=1S/C33H32ClN3O4S2/c1-20-13-18-42-31(20)28-27(30(38)24-11-12-25(34)43-24)26(22-9-6-10-23(19-22)41-2)29(33(40)36-16-14-35-15-17-36)37(28)32(39)21-7-4-3-5-8-21/h3-13,18-19,26-29,35H,14-17H2,1-2H3. The van der Waals surface area contributed by atoms with Crippen LogP contribution in [0.1, 0.15) is 48.0 Å². The number of thiophene rings is 2. The molecule has 4 unspecified atom stereocenters. The van der Waals surface area contributed by atoms with Crippen LogP contribution in [0.25, 0.3) is 0 Å². The number of piperazine rings is 1. The van der Waals surface area contributed by atoms with Gasteiger partial charge >= 0.3 is 0 Å². The van der Waals surface area contributed by atoms with E-state index >= 15 is 0 Å². The molecule has 0 aliphatic carbocycles. The Kier molecular flexibility index (Phi) is 8.68. The predicted octanol–water partition coefficient (Wildman–Crippen LogP) is 6.06. The Morgan fingerprint density at radius 3 is 2.40 bits per heavy atom. The first-order chi connectivity index (χ1) is 20.9. The van der Waals surface area contributed by atoms with Crippen molar-refractivity contribution in [1.29, 1.82) is 0 Å². The number of carbonyl (C=O) groups is 3. The molecule has 0 spiro atoms. The first-order valence-electron chi connectivity index (χ1n) is 14.2. The van der Waals surface area contributed by atoms with E-state index in [2.05, 4.69) is 5.32 Å². The summed E-state index contributed by atoms with van der Waals surface area (Å²) in [7, 11) is 1.59. The fraction of sp³-hybridized carbons (Fsp3) is 0.303. The average molecular weight is 634 g/mol. The molecule has 2 fully saturated rings. The van der Waals surface area contributed by atoms with Crippen molar-refractivity contribution in [2.75, 3.05) is 33.3 Å². The number of amides is 2. The number of hydrogen-bond donors (Lipinski definition) is 1. The first-order valence-corrected chi connectivity index (χ1v) is 16.3. The maximum absolute atomic E-state index is 14.7. The SMILES string of the molecule is COc1cccc(C2C(C(=O)c3ccc(Cl)s3)C(c3sccc3C)N(C(=O)c3ccccc3)C2C(=O)N2CCNCC2)c1. The summed E-state index contributed by atoms with van der Waals surface area (Å²) in [6.45, 7) is 4.37. The van der Waals surface area contributed by atoms with Crippen LogP contribution in [0.4, 0.5) is 0 Å². The topological polar surface area (TPSA) is 79.0 Å². The maximum atomic E-state index is 14.7. The van der Waals surface area contributed by atoms with Crippen molar-refractivity contribution >= 4 is 51.9 Å². The van der Waals surface area contributed by atoms with Crippen molar-refractivity contribution in [3.8, 4) is 5.75 Å². The molecule has 222 valence electrons. The molecule has 0 saturated carbocycles. The smallest absolute Gasteiger partial charge is 0.255 e. The Hall–Kier alpha value is -3.50. The van der Waals surface area contributed by atoms with Crippen LogP contribution in [0.5, 0.6) is 5.75 Å². The molecule has 2 amide bonds. The number of aryl methyl sites for hydroxylation is 1. The lowest BCUT2D eigenvalue weighted by Crippen LogP contribution is -2.54. The van der Waals surface area contributed by atoms with Crippen LogP contribution in [-0.4, -0.2) is 66.7 Å². The molecule has 4 aromatic rings. The van der Waals surface area contributed by atoms with Crippen molar-refractivity contribution in [1.82, 2.24) is 15.1 Å². The molecule has 43 heavy (non-hydrogen) atoms. The fourth-order valence-corrected chi connectivity index (χ4v) is 8.48. The molecule has 2 aliphatic rings. The van der Waals surface area contributed by atoms with Gasteiger partial charge < -0.3 is 19.9 Å². The van der Waals surface area contributed by atoms with Gasteiger partial charge in [-0.1, -0.05) is 41.9 Å². The Morgan fingerprint density at radius 1 is 0.977 bits per heavy atom. The minimum atomic E-state index is -0.922. The molecule has 6 rings (SSSR count). The van der Waals surface area contributed by atoms with E-state index in [1.165, 1.54) is 22.7 Å². The van der Waals surface area contributed by atoms with Crippen LogP contribution in [-0.2, 0) is 4.79 Å². The summed E-state index contributed by atoms with van der Waals surface area (Å²) in [4.78, 5) is 49.1. The number of hydrogen-bond acceptors (Lipinski definition) is 7. The number of nitrogens with one attached hydrogen (secondary N) is 1. The monoisotopic (exact) mass is 633 g/mol. The molecule has 1 N–H and O–H groups in total. The largest absolute Gasteiger partial charge is 0.497 e. The van der Waals surface area contributed by atoms with Gasteiger partial charge in [-0.2, -0.15) is 0 Å². The third-order valence-corrected chi connectivity index (χ3v) is 10.7. The molecule has 0 radical (unpaired) electrons. The quantitative estimate of drug-likeness (QED) is 0.250. The summed E-state index contributed by atoms with van der Waals surface area (Å²) in [5.41, 5.74) is 2.22. The third-order valence-electron chi connectivity index (χ3n) is 8.37. The van der Waals surface area contributed by atoms with Gasteiger partial charge in [0.2, 0.25) is 5.91 Å². The number of methoxy groups -OCH3 is 1. The van der Waals surface area contributed by atoms with Crippen LogP contribution in [0.15, 0.2) is 78.2 Å². The van der Waals surface area contributed by atoms with Gasteiger partial charge in [0.05, 0.1) is 28.3 Å². The van der Waals surface area contributed by atoms with E-state index in [0.717, 1.165) is 16.0 Å². The lowest BCUT2D eigenvalue weighted by molar-refractivity contribution is -0.136. The van der Waals surface area contributed by atoms with Gasteiger partial charge in [-0.05, 0) is 65.9 Å². The Bertz CT molecular complexity index is 1630. The number of Topliss-reactive ketones (excluding diaryl/α,β-unsaturated/α-hetero) is 1. The van der Waals surface area contributed by atoms with Gasteiger partial charge in [0, 0.05) is 42.5 Å². The number of halogens is 1. The third kappa shape index (κ3) is 5.62. The van der Waals surface area contributed by atoms with Crippen molar-refractivity contribution in [2.24, 2.45) is 5.92 Å². The first kappa shape index (κ1) is 29.6. The number of ketones is 1. The highest BCUT2D eigenvalue weighted by molar-refractivity contribution is 7.18. The van der Waals surface area contributed by atoms with Gasteiger partial charge in [0.1, 0.15) is 11.8 Å². The van der Waals surface area contributed by atoms with Crippen molar-refractivity contribution in [3.63, 3.8) is 0 Å². The zero-order valence-electron chi connectivity index (χ0n) is 23.9. The van der Waals surface area contributed by atoms with E-state index in [1.807, 2.05) is 65.7 Å². The van der Waals surface area contributed by atoms with E-state index in [9.17, 15) is 14.4 Å². The Labute approximate surface area is 264 Å². The number of rotatable bonds is 7. The predicted molar refractivity (Wildman–Crippen MR) is 171 cm³/mol. The van der Waals surface area contributed by atoms with Crippen LogP contribution < -0.4 is 10.1 Å². The van der Waals surface area contributed by atoms with Gasteiger partial charge in [0.15, 0.2) is 5.78 Å². The van der Waals surface area contributed by atoms with Gasteiger partial charge in [-0.15, -0.1) is 22.7 Å². The lowest BCUT2D eigenvalue weighted by Gasteiger charge is -2.36. The second kappa shape index (κ2) is 12.6. The summed E-state index contributed by atoms with van der Waals surface area (Å²) in [5, 5.41) is 5.29. The molecule has 2 aromatic carbocycles. The Morgan fingerprint density at radius 2 is 1.74 bits per heavy atom. The number of benzene rings is 2. The molecule has 2 aliphatic heterocycles. The molecule has 2 saturated heterocycles. The highest BCUT2D eigenvalue weighted by Crippen LogP contribution is 2.54. The van der Waals surface area contributed by atoms with Crippen LogP contribution in [0.2, 0.25) is 4.34 Å². The van der Waals surface area contributed by atoms with Gasteiger partial charge in [-0.25, -0.2) is 0 Å². The molecular weight excluding hydrogens is 602 g/mol.